The van der Waals surface area contributed by atoms with Crippen molar-refractivity contribution < 1.29 is 4.42 Å². The van der Waals surface area contributed by atoms with Gasteiger partial charge in [-0.15, -0.1) is 0 Å². The van der Waals surface area contributed by atoms with Crippen LogP contribution in [0.15, 0.2) is 27.4 Å². The highest BCUT2D eigenvalue weighted by Gasteiger charge is 2.14. The van der Waals surface area contributed by atoms with Crippen LogP contribution in [0.1, 0.15) is 39.5 Å². The Balaban J connectivity index is 2.30. The number of rotatable bonds is 6. The average Bonchev–Trinajstić information content (AvgIpc) is 2.70. The first-order chi connectivity index (χ1) is 9.15. The summed E-state index contributed by atoms with van der Waals surface area (Å²) < 4.78 is 6.97. The topological polar surface area (TPSA) is 61.2 Å². The molecule has 1 unspecified atom stereocenters. The second kappa shape index (κ2) is 5.95. The zero-order valence-corrected chi connectivity index (χ0v) is 11.7. The van der Waals surface area contributed by atoms with Gasteiger partial charge < -0.3 is 10.2 Å². The van der Waals surface area contributed by atoms with Gasteiger partial charge in [-0.2, -0.15) is 0 Å². The maximum Gasteiger partial charge on any atom is 0.419 e. The summed E-state index contributed by atoms with van der Waals surface area (Å²) in [6.07, 6.45) is 4.60. The lowest BCUT2D eigenvalue weighted by Crippen LogP contribution is -2.19. The first-order valence-corrected chi connectivity index (χ1v) is 7.04. The second-order valence-electron chi connectivity index (χ2n) is 5.12. The summed E-state index contributed by atoms with van der Waals surface area (Å²) in [5.74, 6) is 0.232. The first-order valence-electron chi connectivity index (χ1n) is 7.04. The molecule has 0 radical (unpaired) electrons. The SMILES string of the molecule is CCCCC(CC)Cn1c(=O)oc2ccc(N)cc21. The maximum absolute atomic E-state index is 11.9. The Labute approximate surface area is 113 Å². The summed E-state index contributed by atoms with van der Waals surface area (Å²) in [4.78, 5) is 11.9. The van der Waals surface area contributed by atoms with E-state index < -0.39 is 0 Å². The summed E-state index contributed by atoms with van der Waals surface area (Å²) in [5, 5.41) is 0. The van der Waals surface area contributed by atoms with E-state index in [1.54, 1.807) is 16.7 Å². The van der Waals surface area contributed by atoms with Crippen molar-refractivity contribution in [2.75, 3.05) is 5.73 Å². The highest BCUT2D eigenvalue weighted by molar-refractivity contribution is 5.76. The van der Waals surface area contributed by atoms with Crippen LogP contribution in [0.25, 0.3) is 11.1 Å². The maximum atomic E-state index is 11.9. The Kier molecular flexibility index (Phi) is 4.30. The van der Waals surface area contributed by atoms with Crippen LogP contribution in [0.3, 0.4) is 0 Å². The molecule has 1 aromatic heterocycles. The largest absolute Gasteiger partial charge is 0.419 e. The molecule has 2 aromatic rings. The van der Waals surface area contributed by atoms with Crippen LogP contribution in [-0.4, -0.2) is 4.57 Å². The number of nitrogens with two attached hydrogens (primary N) is 1. The molecule has 0 fully saturated rings. The molecule has 0 aliphatic heterocycles. The molecule has 4 nitrogen and oxygen atoms in total. The van der Waals surface area contributed by atoms with E-state index in [9.17, 15) is 4.79 Å². The Morgan fingerprint density at radius 3 is 2.84 bits per heavy atom. The predicted octanol–water partition coefficient (Wildman–Crippen LogP) is 3.39. The zero-order chi connectivity index (χ0) is 13.8. The Morgan fingerprint density at radius 1 is 1.37 bits per heavy atom. The number of oxazole rings is 1. The van der Waals surface area contributed by atoms with Crippen LogP contribution in [0.4, 0.5) is 5.69 Å². The number of nitrogens with zero attached hydrogens (tertiary/aromatic N) is 1. The van der Waals surface area contributed by atoms with Gasteiger partial charge in [-0.05, 0) is 30.5 Å². The number of hydrogen-bond donors (Lipinski definition) is 1. The van der Waals surface area contributed by atoms with Gasteiger partial charge in [0, 0.05) is 12.2 Å². The number of aromatic nitrogens is 1. The molecule has 0 saturated carbocycles. The average molecular weight is 262 g/mol. The highest BCUT2D eigenvalue weighted by Crippen LogP contribution is 2.20. The van der Waals surface area contributed by atoms with Gasteiger partial charge in [-0.3, -0.25) is 4.57 Å². The molecular formula is C15H22N2O2. The van der Waals surface area contributed by atoms with Gasteiger partial charge in [-0.1, -0.05) is 33.1 Å². The molecule has 0 saturated heterocycles. The summed E-state index contributed by atoms with van der Waals surface area (Å²) in [5.41, 5.74) is 7.87. The van der Waals surface area contributed by atoms with Gasteiger partial charge in [0.15, 0.2) is 5.58 Å². The monoisotopic (exact) mass is 262 g/mol. The van der Waals surface area contributed by atoms with E-state index in [-0.39, 0.29) is 5.76 Å². The third kappa shape index (κ3) is 3.00. The van der Waals surface area contributed by atoms with E-state index in [4.69, 9.17) is 10.2 Å². The molecule has 19 heavy (non-hydrogen) atoms. The fourth-order valence-corrected chi connectivity index (χ4v) is 2.43. The van der Waals surface area contributed by atoms with Gasteiger partial charge in [0.2, 0.25) is 0 Å². The molecule has 1 atom stereocenters. The molecule has 0 amide bonds. The molecule has 0 aliphatic rings. The van der Waals surface area contributed by atoms with Crippen LogP contribution in [0, 0.1) is 5.92 Å². The quantitative estimate of drug-likeness (QED) is 0.812. The molecule has 1 heterocycles. The third-order valence-electron chi connectivity index (χ3n) is 3.68. The zero-order valence-electron chi connectivity index (χ0n) is 11.7. The molecule has 2 N–H and O–H groups in total. The van der Waals surface area contributed by atoms with Gasteiger partial charge in [0.05, 0.1) is 5.52 Å². The Morgan fingerprint density at radius 2 is 2.16 bits per heavy atom. The molecule has 1 aromatic carbocycles. The first kappa shape index (κ1) is 13.7. The Bertz CT molecular complexity index is 598. The third-order valence-corrected chi connectivity index (χ3v) is 3.68. The smallest absolute Gasteiger partial charge is 0.408 e. The molecule has 2 rings (SSSR count). The van der Waals surface area contributed by atoms with Gasteiger partial charge >= 0.3 is 5.76 Å². The minimum atomic E-state index is -0.282. The summed E-state index contributed by atoms with van der Waals surface area (Å²) >= 11 is 0. The van der Waals surface area contributed by atoms with Crippen LogP contribution in [-0.2, 0) is 6.54 Å². The highest BCUT2D eigenvalue weighted by atomic mass is 16.4. The van der Waals surface area contributed by atoms with Crippen LogP contribution in [0.5, 0.6) is 0 Å². The van der Waals surface area contributed by atoms with E-state index in [0.717, 1.165) is 18.4 Å². The van der Waals surface area contributed by atoms with E-state index in [2.05, 4.69) is 13.8 Å². The van der Waals surface area contributed by atoms with E-state index in [1.165, 1.54) is 12.8 Å². The van der Waals surface area contributed by atoms with Crippen molar-refractivity contribution in [2.45, 2.75) is 46.1 Å². The summed E-state index contributed by atoms with van der Waals surface area (Å²) in [6, 6.07) is 5.33. The lowest BCUT2D eigenvalue weighted by Gasteiger charge is -2.14. The number of hydrogen-bond acceptors (Lipinski definition) is 3. The standard InChI is InChI=1S/C15H22N2O2/c1-3-5-6-11(4-2)10-17-13-9-12(16)7-8-14(13)19-15(17)18/h7-9,11H,3-6,10,16H2,1-2H3. The van der Waals surface area contributed by atoms with Gasteiger partial charge in [0.1, 0.15) is 0 Å². The Hall–Kier alpha value is -1.71. The van der Waals surface area contributed by atoms with Crippen LogP contribution >= 0.6 is 0 Å². The van der Waals surface area contributed by atoms with Crippen LogP contribution in [0.2, 0.25) is 0 Å². The number of fused-ring (bicyclic) bond motifs is 1. The number of anilines is 1. The number of unbranched alkanes of at least 4 members (excludes halogenated alkanes) is 1. The number of benzene rings is 1. The summed E-state index contributed by atoms with van der Waals surface area (Å²) in [7, 11) is 0. The van der Waals surface area contributed by atoms with Crippen molar-refractivity contribution in [1.82, 2.24) is 4.57 Å². The van der Waals surface area contributed by atoms with E-state index >= 15 is 0 Å². The van der Waals surface area contributed by atoms with Crippen molar-refractivity contribution in [3.63, 3.8) is 0 Å². The van der Waals surface area contributed by atoms with Crippen molar-refractivity contribution in [3.05, 3.63) is 28.7 Å². The molecule has 0 spiro atoms. The fraction of sp³-hybridized carbons (Fsp3) is 0.533. The van der Waals surface area contributed by atoms with E-state index in [1.807, 2.05) is 6.07 Å². The number of nitrogen functional groups attached to an aromatic ring is 1. The fourth-order valence-electron chi connectivity index (χ4n) is 2.43. The summed E-state index contributed by atoms with van der Waals surface area (Å²) in [6.45, 7) is 5.07. The minimum absolute atomic E-state index is 0.282. The molecule has 0 aliphatic carbocycles. The molecule has 0 bridgehead atoms. The van der Waals surface area contributed by atoms with Crippen molar-refractivity contribution in [1.29, 1.82) is 0 Å². The molecule has 4 heteroatoms. The van der Waals surface area contributed by atoms with Crippen molar-refractivity contribution in [2.24, 2.45) is 5.92 Å². The van der Waals surface area contributed by atoms with Crippen molar-refractivity contribution >= 4 is 16.8 Å². The van der Waals surface area contributed by atoms with Crippen molar-refractivity contribution in [3.8, 4) is 0 Å². The molecular weight excluding hydrogens is 240 g/mol. The molecule has 104 valence electrons. The van der Waals surface area contributed by atoms with E-state index in [0.29, 0.717) is 23.7 Å². The minimum Gasteiger partial charge on any atom is -0.408 e. The lowest BCUT2D eigenvalue weighted by atomic mass is 9.99. The van der Waals surface area contributed by atoms with Gasteiger partial charge in [0.25, 0.3) is 0 Å². The van der Waals surface area contributed by atoms with Gasteiger partial charge in [-0.25, -0.2) is 4.79 Å². The lowest BCUT2D eigenvalue weighted by molar-refractivity contribution is 0.374. The van der Waals surface area contributed by atoms with Crippen LogP contribution < -0.4 is 11.5 Å². The normalized spacial score (nSPS) is 12.9. The second-order valence-corrected chi connectivity index (χ2v) is 5.12. The predicted molar refractivity (Wildman–Crippen MR) is 78.2 cm³/mol.